The van der Waals surface area contributed by atoms with Crippen molar-refractivity contribution in [3.63, 3.8) is 0 Å². The Morgan fingerprint density at radius 3 is 2.44 bits per heavy atom. The lowest BCUT2D eigenvalue weighted by Crippen LogP contribution is -2.04. The number of benzene rings is 2. The summed E-state index contributed by atoms with van der Waals surface area (Å²) in [6.45, 7) is -2.96. The zero-order valence-electron chi connectivity index (χ0n) is 16.4. The number of allylic oxidation sites excluding steroid dienone is 1. The van der Waals surface area contributed by atoms with Crippen LogP contribution in [-0.2, 0) is 6.61 Å². The molecule has 0 bridgehead atoms. The van der Waals surface area contributed by atoms with Gasteiger partial charge >= 0.3 is 6.61 Å². The molecule has 0 unspecified atom stereocenters. The summed E-state index contributed by atoms with van der Waals surface area (Å²) in [6.07, 6.45) is 2.74. The Bertz CT molecular complexity index is 1120. The first-order valence-electron chi connectivity index (χ1n) is 8.98. The molecule has 2 aromatic carbocycles. The maximum Gasteiger partial charge on any atom is 0.387 e. The highest BCUT2D eigenvalue weighted by molar-refractivity contribution is 6.40. The number of alkyl halides is 2. The number of rotatable bonds is 9. The Kier molecular flexibility index (Phi) is 8.01. The lowest BCUT2D eigenvalue weighted by molar-refractivity contribution is -0.0512. The first kappa shape index (κ1) is 23.9. The molecule has 0 N–H and O–H groups in total. The van der Waals surface area contributed by atoms with Crippen LogP contribution in [0.3, 0.4) is 0 Å². The summed E-state index contributed by atoms with van der Waals surface area (Å²) in [4.78, 5) is 12.4. The maximum absolute atomic E-state index is 12.4. The van der Waals surface area contributed by atoms with Crippen LogP contribution in [0.4, 0.5) is 8.78 Å². The minimum absolute atomic E-state index is 0.0153. The summed E-state index contributed by atoms with van der Waals surface area (Å²) in [6, 6.07) is 10.2. The van der Waals surface area contributed by atoms with E-state index in [2.05, 4.69) is 4.74 Å². The molecule has 0 radical (unpaired) electrons. The lowest BCUT2D eigenvalue weighted by Gasteiger charge is -2.10. The first-order chi connectivity index (χ1) is 15.3. The van der Waals surface area contributed by atoms with Crippen LogP contribution in [0, 0.1) is 0 Å². The van der Waals surface area contributed by atoms with Crippen molar-refractivity contribution in [2.75, 3.05) is 7.11 Å². The molecular weight excluding hydrogens is 489 g/mol. The fourth-order valence-electron chi connectivity index (χ4n) is 2.64. The van der Waals surface area contributed by atoms with Crippen molar-refractivity contribution >= 4 is 46.7 Å². The molecular formula is C22H15Cl3F2O5. The summed E-state index contributed by atoms with van der Waals surface area (Å²) in [5.41, 5.74) is 0.224. The van der Waals surface area contributed by atoms with Crippen LogP contribution in [0.2, 0.25) is 15.1 Å². The fraction of sp³-hybridized carbons (Fsp3) is 0.136. The van der Waals surface area contributed by atoms with Crippen molar-refractivity contribution in [2.24, 2.45) is 0 Å². The maximum atomic E-state index is 12.4. The molecule has 0 saturated heterocycles. The Balaban J connectivity index is 1.65. The Labute approximate surface area is 197 Å². The predicted molar refractivity (Wildman–Crippen MR) is 118 cm³/mol. The van der Waals surface area contributed by atoms with Gasteiger partial charge in [0, 0.05) is 10.6 Å². The van der Waals surface area contributed by atoms with Crippen LogP contribution in [0.5, 0.6) is 17.2 Å². The minimum atomic E-state index is -3.01. The third kappa shape index (κ3) is 6.16. The number of hydrogen-bond acceptors (Lipinski definition) is 5. The number of ketones is 1. The highest BCUT2D eigenvalue weighted by Gasteiger charge is 2.14. The van der Waals surface area contributed by atoms with Gasteiger partial charge in [-0.25, -0.2) is 0 Å². The standard InChI is InChI=1S/C22H15Cl3F2O5/c1-29-20-8-12(2-7-19(20)32-22(26)27)18(28)6-5-14-3-4-15(31-14)11-30-21-16(24)9-13(23)10-17(21)25/h2-10,22H,11H2,1H3/b6-5+. The minimum Gasteiger partial charge on any atom is -0.493 e. The normalized spacial score (nSPS) is 11.2. The monoisotopic (exact) mass is 502 g/mol. The van der Waals surface area contributed by atoms with E-state index in [0.717, 1.165) is 0 Å². The Morgan fingerprint density at radius 2 is 1.78 bits per heavy atom. The number of carbonyl (C=O) groups excluding carboxylic acids is 1. The van der Waals surface area contributed by atoms with Crippen LogP contribution in [0.15, 0.2) is 53.0 Å². The van der Waals surface area contributed by atoms with E-state index in [1.54, 1.807) is 12.1 Å². The van der Waals surface area contributed by atoms with Gasteiger partial charge in [-0.3, -0.25) is 4.79 Å². The topological polar surface area (TPSA) is 57.9 Å². The van der Waals surface area contributed by atoms with Gasteiger partial charge in [0.1, 0.15) is 18.1 Å². The summed E-state index contributed by atoms with van der Waals surface area (Å²) in [5.74, 6) is 0.598. The summed E-state index contributed by atoms with van der Waals surface area (Å²) >= 11 is 18.0. The second-order valence-corrected chi connectivity index (χ2v) is 7.48. The average molecular weight is 504 g/mol. The van der Waals surface area contributed by atoms with Gasteiger partial charge in [0.25, 0.3) is 0 Å². The van der Waals surface area contributed by atoms with Crippen molar-refractivity contribution in [1.82, 2.24) is 0 Å². The molecule has 0 fully saturated rings. The number of hydrogen-bond donors (Lipinski definition) is 0. The molecule has 32 heavy (non-hydrogen) atoms. The quantitative estimate of drug-likeness (QED) is 0.226. The van der Waals surface area contributed by atoms with Gasteiger partial charge < -0.3 is 18.6 Å². The van der Waals surface area contributed by atoms with Crippen LogP contribution in [-0.4, -0.2) is 19.5 Å². The van der Waals surface area contributed by atoms with Gasteiger partial charge in [0.2, 0.25) is 0 Å². The first-order valence-corrected chi connectivity index (χ1v) is 10.1. The molecule has 1 aromatic heterocycles. The molecule has 1 heterocycles. The van der Waals surface area contributed by atoms with Crippen molar-refractivity contribution < 1.29 is 32.2 Å². The van der Waals surface area contributed by atoms with Gasteiger partial charge in [-0.1, -0.05) is 34.8 Å². The van der Waals surface area contributed by atoms with Gasteiger partial charge in [0.05, 0.1) is 17.2 Å². The molecule has 0 aliphatic rings. The van der Waals surface area contributed by atoms with Crippen molar-refractivity contribution in [3.05, 3.63) is 80.7 Å². The average Bonchev–Trinajstić information content (AvgIpc) is 3.19. The van der Waals surface area contributed by atoms with Crippen molar-refractivity contribution in [2.45, 2.75) is 13.2 Å². The van der Waals surface area contributed by atoms with E-state index in [1.807, 2.05) is 0 Å². The van der Waals surface area contributed by atoms with Gasteiger partial charge in [-0.15, -0.1) is 0 Å². The highest BCUT2D eigenvalue weighted by atomic mass is 35.5. The largest absolute Gasteiger partial charge is 0.493 e. The molecule has 168 valence electrons. The summed E-state index contributed by atoms with van der Waals surface area (Å²) in [7, 11) is 1.29. The van der Waals surface area contributed by atoms with Crippen LogP contribution < -0.4 is 14.2 Å². The molecule has 10 heteroatoms. The smallest absolute Gasteiger partial charge is 0.387 e. The Hall–Kier alpha value is -2.74. The van der Waals surface area contributed by atoms with Gasteiger partial charge in [-0.2, -0.15) is 8.78 Å². The molecule has 0 spiro atoms. The second kappa shape index (κ2) is 10.7. The molecule has 0 saturated carbocycles. The SMILES string of the molecule is COc1cc(C(=O)/C=C/c2ccc(COc3c(Cl)cc(Cl)cc3Cl)o2)ccc1OC(F)F. The predicted octanol–water partition coefficient (Wildman–Crippen LogP) is 7.32. The number of ether oxygens (including phenoxy) is 3. The van der Waals surface area contributed by atoms with Gasteiger partial charge in [-0.05, 0) is 54.6 Å². The number of carbonyl (C=O) groups is 1. The number of methoxy groups -OCH3 is 1. The van der Waals surface area contributed by atoms with Crippen molar-refractivity contribution in [3.8, 4) is 17.2 Å². The molecule has 0 atom stereocenters. The third-order valence-electron chi connectivity index (χ3n) is 4.07. The summed E-state index contributed by atoms with van der Waals surface area (Å²) in [5, 5.41) is 0.914. The number of halogens is 5. The zero-order valence-corrected chi connectivity index (χ0v) is 18.7. The summed E-state index contributed by atoms with van der Waals surface area (Å²) < 4.78 is 45.4. The van der Waals surface area contributed by atoms with E-state index in [4.69, 9.17) is 48.7 Å². The van der Waals surface area contributed by atoms with E-state index >= 15 is 0 Å². The van der Waals surface area contributed by atoms with Crippen LogP contribution >= 0.6 is 34.8 Å². The second-order valence-electron chi connectivity index (χ2n) is 6.23. The zero-order chi connectivity index (χ0) is 23.3. The van der Waals surface area contributed by atoms with E-state index < -0.39 is 6.61 Å². The van der Waals surface area contributed by atoms with Crippen LogP contribution in [0.1, 0.15) is 21.9 Å². The number of furan rings is 1. The molecule has 3 rings (SSSR count). The van der Waals surface area contributed by atoms with Crippen LogP contribution in [0.25, 0.3) is 6.08 Å². The third-order valence-corrected chi connectivity index (χ3v) is 4.85. The van der Waals surface area contributed by atoms with E-state index in [1.165, 1.54) is 49.6 Å². The molecule has 3 aromatic rings. The molecule has 0 aliphatic heterocycles. The molecule has 0 aliphatic carbocycles. The van der Waals surface area contributed by atoms with E-state index in [9.17, 15) is 13.6 Å². The molecule has 5 nitrogen and oxygen atoms in total. The van der Waals surface area contributed by atoms with E-state index in [-0.39, 0.29) is 45.2 Å². The lowest BCUT2D eigenvalue weighted by atomic mass is 10.1. The fourth-order valence-corrected chi connectivity index (χ4v) is 3.57. The Morgan fingerprint density at radius 1 is 1.06 bits per heavy atom. The van der Waals surface area contributed by atoms with E-state index in [0.29, 0.717) is 16.5 Å². The highest BCUT2D eigenvalue weighted by Crippen LogP contribution is 2.36. The van der Waals surface area contributed by atoms with Gasteiger partial charge in [0.15, 0.2) is 23.0 Å². The van der Waals surface area contributed by atoms with Crippen molar-refractivity contribution in [1.29, 1.82) is 0 Å². The molecule has 0 amide bonds.